The second-order valence-electron chi connectivity index (χ2n) is 6.69. The average Bonchev–Trinajstić information content (AvgIpc) is 3.06. The van der Waals surface area contributed by atoms with Crippen LogP contribution in [0.4, 0.5) is 4.39 Å². The Bertz CT molecular complexity index is 642. The maximum atomic E-state index is 13.4. The molecule has 21 heavy (non-hydrogen) atoms. The van der Waals surface area contributed by atoms with Gasteiger partial charge in [-0.3, -0.25) is 0 Å². The molecule has 112 valence electrons. The van der Waals surface area contributed by atoms with E-state index in [-0.39, 0.29) is 17.5 Å². The van der Waals surface area contributed by atoms with Crippen molar-refractivity contribution in [2.75, 3.05) is 0 Å². The van der Waals surface area contributed by atoms with Crippen LogP contribution in [0.15, 0.2) is 30.5 Å². The van der Waals surface area contributed by atoms with Gasteiger partial charge in [0.05, 0.1) is 17.2 Å². The third kappa shape index (κ3) is 2.48. The predicted molar refractivity (Wildman–Crippen MR) is 81.8 cm³/mol. The van der Waals surface area contributed by atoms with Crippen molar-refractivity contribution >= 4 is 10.9 Å². The fourth-order valence-corrected chi connectivity index (χ4v) is 4.12. The summed E-state index contributed by atoms with van der Waals surface area (Å²) in [5.41, 5.74) is 1.14. The first-order chi connectivity index (χ1) is 10.2. The van der Waals surface area contributed by atoms with Crippen LogP contribution in [0.1, 0.15) is 44.9 Å². The van der Waals surface area contributed by atoms with E-state index in [1.165, 1.54) is 44.6 Å². The Labute approximate surface area is 124 Å². The summed E-state index contributed by atoms with van der Waals surface area (Å²) in [5, 5.41) is 1.10. The molecule has 1 spiro atoms. The van der Waals surface area contributed by atoms with E-state index in [2.05, 4.69) is 16.8 Å². The Hall–Kier alpha value is -1.35. The highest BCUT2D eigenvalue weighted by atomic mass is 19.1. The van der Waals surface area contributed by atoms with E-state index in [1.54, 1.807) is 6.07 Å². The van der Waals surface area contributed by atoms with Gasteiger partial charge in [-0.25, -0.2) is 4.39 Å². The van der Waals surface area contributed by atoms with E-state index >= 15 is 0 Å². The zero-order chi connectivity index (χ0) is 14.3. The highest BCUT2D eigenvalue weighted by molar-refractivity contribution is 5.80. The average molecular weight is 287 g/mol. The molecule has 2 heterocycles. The molecule has 2 nitrogen and oxygen atoms in total. The van der Waals surface area contributed by atoms with Crippen LogP contribution in [-0.2, 0) is 11.3 Å². The Morgan fingerprint density at radius 2 is 2.00 bits per heavy atom. The topological polar surface area (TPSA) is 14.2 Å². The number of hydrogen-bond donors (Lipinski definition) is 0. The number of halogens is 1. The zero-order valence-corrected chi connectivity index (χ0v) is 12.4. The summed E-state index contributed by atoms with van der Waals surface area (Å²) in [6.45, 7) is 0.842. The Morgan fingerprint density at radius 3 is 2.86 bits per heavy atom. The van der Waals surface area contributed by atoms with Gasteiger partial charge >= 0.3 is 0 Å². The molecule has 1 aromatic heterocycles. The molecule has 1 aliphatic carbocycles. The molecule has 1 aromatic carbocycles. The lowest BCUT2D eigenvalue weighted by atomic mass is 9.83. The number of nitrogens with zero attached hydrogens (tertiary/aromatic N) is 1. The molecule has 0 bridgehead atoms. The van der Waals surface area contributed by atoms with Gasteiger partial charge in [-0.1, -0.05) is 19.3 Å². The van der Waals surface area contributed by atoms with Gasteiger partial charge in [-0.2, -0.15) is 0 Å². The molecule has 0 N–H and O–H groups in total. The molecule has 1 unspecified atom stereocenters. The highest BCUT2D eigenvalue weighted by Gasteiger charge is 2.40. The van der Waals surface area contributed by atoms with Crippen LogP contribution in [0.3, 0.4) is 0 Å². The van der Waals surface area contributed by atoms with E-state index in [4.69, 9.17) is 4.74 Å². The molecule has 1 saturated heterocycles. The predicted octanol–water partition coefficient (Wildman–Crippen LogP) is 4.66. The molecule has 1 saturated carbocycles. The zero-order valence-electron chi connectivity index (χ0n) is 12.4. The fraction of sp³-hybridized carbons (Fsp3) is 0.556. The quantitative estimate of drug-likeness (QED) is 0.783. The van der Waals surface area contributed by atoms with Crippen molar-refractivity contribution in [3.63, 3.8) is 0 Å². The van der Waals surface area contributed by atoms with E-state index in [1.807, 2.05) is 6.07 Å². The molecular weight excluding hydrogens is 265 g/mol. The Balaban J connectivity index is 1.52. The SMILES string of the molecule is Fc1ccc2ccn(CC3CCC4(CCCCC4)O3)c2c1. The summed E-state index contributed by atoms with van der Waals surface area (Å²) >= 11 is 0. The van der Waals surface area contributed by atoms with Crippen molar-refractivity contribution in [2.45, 2.75) is 63.2 Å². The minimum atomic E-state index is -0.168. The van der Waals surface area contributed by atoms with Gasteiger partial charge in [0.1, 0.15) is 5.82 Å². The third-order valence-corrected chi connectivity index (χ3v) is 5.24. The lowest BCUT2D eigenvalue weighted by Gasteiger charge is -2.33. The monoisotopic (exact) mass is 287 g/mol. The molecule has 3 heteroatoms. The van der Waals surface area contributed by atoms with Crippen molar-refractivity contribution in [1.29, 1.82) is 0 Å². The standard InChI is InChI=1S/C18H22FNO/c19-15-5-4-14-7-11-20(17(14)12-15)13-16-6-10-18(21-16)8-2-1-3-9-18/h4-5,7,11-12,16H,1-3,6,8-10,13H2. The van der Waals surface area contributed by atoms with Gasteiger partial charge < -0.3 is 9.30 Å². The third-order valence-electron chi connectivity index (χ3n) is 5.24. The lowest BCUT2D eigenvalue weighted by molar-refractivity contribution is -0.0676. The van der Waals surface area contributed by atoms with Crippen LogP contribution in [0.25, 0.3) is 10.9 Å². The molecule has 1 aliphatic heterocycles. The minimum absolute atomic E-state index is 0.164. The van der Waals surface area contributed by atoms with Gasteiger partial charge in [-0.05, 0) is 55.3 Å². The van der Waals surface area contributed by atoms with Gasteiger partial charge in [0, 0.05) is 12.7 Å². The van der Waals surface area contributed by atoms with Crippen LogP contribution < -0.4 is 0 Å². The molecule has 1 atom stereocenters. The Morgan fingerprint density at radius 1 is 1.14 bits per heavy atom. The largest absolute Gasteiger partial charge is 0.370 e. The summed E-state index contributed by atoms with van der Waals surface area (Å²) in [6.07, 6.45) is 11.1. The summed E-state index contributed by atoms with van der Waals surface area (Å²) in [5.74, 6) is -0.168. The van der Waals surface area contributed by atoms with Crippen LogP contribution in [0, 0.1) is 5.82 Å². The smallest absolute Gasteiger partial charge is 0.125 e. The molecule has 2 fully saturated rings. The maximum Gasteiger partial charge on any atom is 0.125 e. The molecule has 2 aliphatic rings. The number of rotatable bonds is 2. The number of ether oxygens (including phenoxy) is 1. The summed E-state index contributed by atoms with van der Waals surface area (Å²) in [7, 11) is 0. The second-order valence-corrected chi connectivity index (χ2v) is 6.69. The van der Waals surface area contributed by atoms with Crippen LogP contribution in [0.5, 0.6) is 0 Å². The minimum Gasteiger partial charge on any atom is -0.370 e. The number of hydrogen-bond acceptors (Lipinski definition) is 1. The first-order valence-electron chi connectivity index (χ1n) is 8.16. The number of aromatic nitrogens is 1. The van der Waals surface area contributed by atoms with E-state index in [9.17, 15) is 4.39 Å². The van der Waals surface area contributed by atoms with E-state index in [0.717, 1.165) is 23.9 Å². The normalized spacial score (nSPS) is 24.9. The van der Waals surface area contributed by atoms with Gasteiger partial charge in [-0.15, -0.1) is 0 Å². The van der Waals surface area contributed by atoms with Crippen LogP contribution in [-0.4, -0.2) is 16.3 Å². The second kappa shape index (κ2) is 5.13. The molecule has 0 amide bonds. The first kappa shape index (κ1) is 13.3. The van der Waals surface area contributed by atoms with Crippen LogP contribution >= 0.6 is 0 Å². The van der Waals surface area contributed by atoms with Crippen molar-refractivity contribution in [3.05, 3.63) is 36.3 Å². The first-order valence-corrected chi connectivity index (χ1v) is 8.16. The Kier molecular flexibility index (Phi) is 3.26. The maximum absolute atomic E-state index is 13.4. The van der Waals surface area contributed by atoms with E-state index < -0.39 is 0 Å². The van der Waals surface area contributed by atoms with Crippen molar-refractivity contribution < 1.29 is 9.13 Å². The molecule has 4 rings (SSSR count). The summed E-state index contributed by atoms with van der Waals surface area (Å²) in [4.78, 5) is 0. The summed E-state index contributed by atoms with van der Waals surface area (Å²) < 4.78 is 22.0. The number of benzene rings is 1. The van der Waals surface area contributed by atoms with E-state index in [0.29, 0.717) is 0 Å². The highest BCUT2D eigenvalue weighted by Crippen LogP contribution is 2.42. The fourth-order valence-electron chi connectivity index (χ4n) is 4.12. The van der Waals surface area contributed by atoms with Gasteiger partial charge in [0.25, 0.3) is 0 Å². The molecule has 2 aromatic rings. The molecule has 0 radical (unpaired) electrons. The van der Waals surface area contributed by atoms with Gasteiger partial charge in [0.15, 0.2) is 0 Å². The van der Waals surface area contributed by atoms with Crippen molar-refractivity contribution in [3.8, 4) is 0 Å². The number of fused-ring (bicyclic) bond motifs is 1. The van der Waals surface area contributed by atoms with Gasteiger partial charge in [0.2, 0.25) is 0 Å². The van der Waals surface area contributed by atoms with Crippen LogP contribution in [0.2, 0.25) is 0 Å². The van der Waals surface area contributed by atoms with Crippen molar-refractivity contribution in [2.24, 2.45) is 0 Å². The molecular formula is C18H22FNO. The van der Waals surface area contributed by atoms with Crippen molar-refractivity contribution in [1.82, 2.24) is 4.57 Å². The summed E-state index contributed by atoms with van der Waals surface area (Å²) in [6, 6.07) is 7.05. The lowest BCUT2D eigenvalue weighted by Crippen LogP contribution is -2.32.